The van der Waals surface area contributed by atoms with Crippen LogP contribution in [0.5, 0.6) is 0 Å². The number of carbonyl (C=O) groups is 1. The standard InChI is InChI=1S/C15H15FN2O/c1-18(14-9-5-6-12(16)10-14)15(19)11-17-13-7-3-2-4-8-13/h2-10,17H,11H2,1H3. The zero-order valence-corrected chi connectivity index (χ0v) is 10.6. The summed E-state index contributed by atoms with van der Waals surface area (Å²) in [6.45, 7) is 0.164. The zero-order valence-electron chi connectivity index (χ0n) is 10.6. The summed E-state index contributed by atoms with van der Waals surface area (Å²) in [5.41, 5.74) is 1.42. The molecule has 0 atom stereocenters. The van der Waals surface area contributed by atoms with Crippen LogP contribution in [-0.4, -0.2) is 19.5 Å². The molecule has 0 aliphatic rings. The SMILES string of the molecule is CN(C(=O)CNc1ccccc1)c1cccc(F)c1. The van der Waals surface area contributed by atoms with Crippen molar-refractivity contribution in [1.29, 1.82) is 0 Å². The Bertz CT molecular complexity index is 557. The Labute approximate surface area is 111 Å². The smallest absolute Gasteiger partial charge is 0.246 e. The number of benzene rings is 2. The third-order valence-electron chi connectivity index (χ3n) is 2.79. The Balaban J connectivity index is 1.96. The molecule has 98 valence electrons. The molecule has 0 aliphatic carbocycles. The van der Waals surface area contributed by atoms with Crippen molar-refractivity contribution < 1.29 is 9.18 Å². The molecule has 2 aromatic carbocycles. The lowest BCUT2D eigenvalue weighted by molar-refractivity contribution is -0.116. The molecule has 0 saturated heterocycles. The lowest BCUT2D eigenvalue weighted by atomic mass is 10.3. The zero-order chi connectivity index (χ0) is 13.7. The molecule has 0 fully saturated rings. The van der Waals surface area contributed by atoms with Crippen LogP contribution >= 0.6 is 0 Å². The van der Waals surface area contributed by atoms with Crippen LogP contribution in [0.4, 0.5) is 15.8 Å². The summed E-state index contributed by atoms with van der Waals surface area (Å²) >= 11 is 0. The molecule has 1 N–H and O–H groups in total. The average molecular weight is 258 g/mol. The molecular formula is C15H15FN2O. The van der Waals surface area contributed by atoms with Gasteiger partial charge in [-0.1, -0.05) is 24.3 Å². The van der Waals surface area contributed by atoms with Crippen molar-refractivity contribution in [2.75, 3.05) is 23.8 Å². The molecule has 2 aromatic rings. The summed E-state index contributed by atoms with van der Waals surface area (Å²) in [6.07, 6.45) is 0. The molecule has 4 heteroatoms. The molecule has 0 aromatic heterocycles. The van der Waals surface area contributed by atoms with E-state index in [0.29, 0.717) is 5.69 Å². The van der Waals surface area contributed by atoms with E-state index >= 15 is 0 Å². The van der Waals surface area contributed by atoms with E-state index in [4.69, 9.17) is 0 Å². The normalized spacial score (nSPS) is 10.0. The maximum absolute atomic E-state index is 13.1. The molecular weight excluding hydrogens is 243 g/mol. The number of hydrogen-bond acceptors (Lipinski definition) is 2. The number of amides is 1. The van der Waals surface area contributed by atoms with Crippen LogP contribution in [0, 0.1) is 5.82 Å². The molecule has 0 unspecified atom stereocenters. The van der Waals surface area contributed by atoms with Crippen molar-refractivity contribution in [1.82, 2.24) is 0 Å². The second-order valence-electron chi connectivity index (χ2n) is 4.15. The van der Waals surface area contributed by atoms with Crippen molar-refractivity contribution in [2.45, 2.75) is 0 Å². The van der Waals surface area contributed by atoms with Gasteiger partial charge in [-0.25, -0.2) is 4.39 Å². The van der Waals surface area contributed by atoms with E-state index in [1.807, 2.05) is 30.3 Å². The summed E-state index contributed by atoms with van der Waals surface area (Å²) in [7, 11) is 1.63. The Kier molecular flexibility index (Phi) is 4.13. The van der Waals surface area contributed by atoms with E-state index in [0.717, 1.165) is 5.69 Å². The number of hydrogen-bond donors (Lipinski definition) is 1. The second-order valence-corrected chi connectivity index (χ2v) is 4.15. The van der Waals surface area contributed by atoms with E-state index in [-0.39, 0.29) is 18.3 Å². The average Bonchev–Trinajstić information content (AvgIpc) is 2.45. The predicted molar refractivity (Wildman–Crippen MR) is 74.7 cm³/mol. The summed E-state index contributed by atoms with van der Waals surface area (Å²) < 4.78 is 13.1. The fourth-order valence-electron chi connectivity index (χ4n) is 1.68. The molecule has 1 amide bonds. The summed E-state index contributed by atoms with van der Waals surface area (Å²) in [5, 5.41) is 3.02. The third-order valence-corrected chi connectivity index (χ3v) is 2.79. The van der Waals surface area contributed by atoms with Gasteiger partial charge in [0, 0.05) is 18.4 Å². The van der Waals surface area contributed by atoms with Gasteiger partial charge in [0.05, 0.1) is 6.54 Å². The van der Waals surface area contributed by atoms with Crippen molar-refractivity contribution in [3.05, 3.63) is 60.4 Å². The highest BCUT2D eigenvalue weighted by molar-refractivity contribution is 5.95. The minimum atomic E-state index is -0.354. The van der Waals surface area contributed by atoms with Crippen LogP contribution < -0.4 is 10.2 Å². The van der Waals surface area contributed by atoms with Crippen molar-refractivity contribution >= 4 is 17.3 Å². The third kappa shape index (κ3) is 3.55. The maximum Gasteiger partial charge on any atom is 0.246 e. The van der Waals surface area contributed by atoms with Gasteiger partial charge >= 0.3 is 0 Å². The first kappa shape index (κ1) is 13.1. The van der Waals surface area contributed by atoms with Crippen molar-refractivity contribution in [3.8, 4) is 0 Å². The van der Waals surface area contributed by atoms with Gasteiger partial charge in [-0.3, -0.25) is 4.79 Å². The van der Waals surface area contributed by atoms with Crippen LogP contribution in [0.2, 0.25) is 0 Å². The van der Waals surface area contributed by atoms with Crippen molar-refractivity contribution in [3.63, 3.8) is 0 Å². The molecule has 0 aliphatic heterocycles. The molecule has 0 bridgehead atoms. The fraction of sp³-hybridized carbons (Fsp3) is 0.133. The van der Waals surface area contributed by atoms with Gasteiger partial charge in [0.25, 0.3) is 0 Å². The van der Waals surface area contributed by atoms with Gasteiger partial charge in [0.2, 0.25) is 5.91 Å². The first-order chi connectivity index (χ1) is 9.16. The molecule has 0 radical (unpaired) electrons. The lowest BCUT2D eigenvalue weighted by Crippen LogP contribution is -2.32. The van der Waals surface area contributed by atoms with E-state index in [2.05, 4.69) is 5.32 Å². The van der Waals surface area contributed by atoms with E-state index < -0.39 is 0 Å². The molecule has 3 nitrogen and oxygen atoms in total. The Morgan fingerprint density at radius 3 is 2.58 bits per heavy atom. The number of anilines is 2. The van der Waals surface area contributed by atoms with E-state index in [9.17, 15) is 9.18 Å². The van der Waals surface area contributed by atoms with Gasteiger partial charge < -0.3 is 10.2 Å². The Morgan fingerprint density at radius 1 is 1.16 bits per heavy atom. The van der Waals surface area contributed by atoms with Gasteiger partial charge in [0.15, 0.2) is 0 Å². The number of nitrogens with zero attached hydrogens (tertiary/aromatic N) is 1. The predicted octanol–water partition coefficient (Wildman–Crippen LogP) is 2.90. The Morgan fingerprint density at radius 2 is 1.89 bits per heavy atom. The van der Waals surface area contributed by atoms with Crippen LogP contribution in [0.3, 0.4) is 0 Å². The van der Waals surface area contributed by atoms with Gasteiger partial charge in [0.1, 0.15) is 5.82 Å². The summed E-state index contributed by atoms with van der Waals surface area (Å²) in [5.74, 6) is -0.484. The number of halogens is 1. The highest BCUT2D eigenvalue weighted by Crippen LogP contribution is 2.14. The van der Waals surface area contributed by atoms with E-state index in [1.165, 1.54) is 17.0 Å². The largest absolute Gasteiger partial charge is 0.376 e. The highest BCUT2D eigenvalue weighted by Gasteiger charge is 2.10. The van der Waals surface area contributed by atoms with Crippen LogP contribution in [0.1, 0.15) is 0 Å². The molecule has 0 saturated carbocycles. The Hall–Kier alpha value is -2.36. The van der Waals surface area contributed by atoms with Crippen LogP contribution in [0.25, 0.3) is 0 Å². The first-order valence-corrected chi connectivity index (χ1v) is 5.98. The fourth-order valence-corrected chi connectivity index (χ4v) is 1.68. The monoisotopic (exact) mass is 258 g/mol. The summed E-state index contributed by atoms with van der Waals surface area (Å²) in [6, 6.07) is 15.4. The number of rotatable bonds is 4. The second kappa shape index (κ2) is 6.00. The topological polar surface area (TPSA) is 32.3 Å². The molecule has 19 heavy (non-hydrogen) atoms. The van der Waals surface area contributed by atoms with E-state index in [1.54, 1.807) is 19.2 Å². The minimum absolute atomic E-state index is 0.130. The number of nitrogens with one attached hydrogen (secondary N) is 1. The highest BCUT2D eigenvalue weighted by atomic mass is 19.1. The quantitative estimate of drug-likeness (QED) is 0.914. The number of carbonyl (C=O) groups excluding carboxylic acids is 1. The van der Waals surface area contributed by atoms with Gasteiger partial charge in [-0.2, -0.15) is 0 Å². The lowest BCUT2D eigenvalue weighted by Gasteiger charge is -2.18. The summed E-state index contributed by atoms with van der Waals surface area (Å²) in [4.78, 5) is 13.4. The van der Waals surface area contributed by atoms with Gasteiger partial charge in [-0.15, -0.1) is 0 Å². The minimum Gasteiger partial charge on any atom is -0.376 e. The van der Waals surface area contributed by atoms with Crippen molar-refractivity contribution in [2.24, 2.45) is 0 Å². The molecule has 0 spiro atoms. The first-order valence-electron chi connectivity index (χ1n) is 5.98. The van der Waals surface area contributed by atoms with Crippen LogP contribution in [0.15, 0.2) is 54.6 Å². The molecule has 2 rings (SSSR count). The molecule has 0 heterocycles. The number of likely N-dealkylation sites (N-methyl/N-ethyl adjacent to an activating group) is 1. The number of para-hydroxylation sites is 1. The van der Waals surface area contributed by atoms with Crippen LogP contribution in [-0.2, 0) is 4.79 Å². The van der Waals surface area contributed by atoms with Gasteiger partial charge in [-0.05, 0) is 30.3 Å². The maximum atomic E-state index is 13.1.